The predicted molar refractivity (Wildman–Crippen MR) is 56.0 cm³/mol. The fourth-order valence-corrected chi connectivity index (χ4v) is 0.966. The van der Waals surface area contributed by atoms with Crippen LogP contribution in [0.25, 0.3) is 0 Å². The second kappa shape index (κ2) is 6.44. The third-order valence-electron chi connectivity index (χ3n) is 1.51. The third-order valence-corrected chi connectivity index (χ3v) is 1.51. The quantitative estimate of drug-likeness (QED) is 0.306. The van der Waals surface area contributed by atoms with Crippen LogP contribution in [-0.2, 0) is 19.0 Å². The van der Waals surface area contributed by atoms with E-state index in [1.54, 1.807) is 20.8 Å². The monoisotopic (exact) mass is 214 g/mol. The van der Waals surface area contributed by atoms with Crippen LogP contribution < -0.4 is 0 Å². The summed E-state index contributed by atoms with van der Waals surface area (Å²) in [4.78, 5) is 10.8. The maximum absolute atomic E-state index is 10.8. The lowest BCUT2D eigenvalue weighted by Gasteiger charge is -2.23. The van der Waals surface area contributed by atoms with Gasteiger partial charge in [-0.3, -0.25) is 0 Å². The van der Waals surface area contributed by atoms with Gasteiger partial charge in [-0.15, -0.1) is 0 Å². The minimum absolute atomic E-state index is 0.350. The number of ether oxygens (including phenoxy) is 3. The van der Waals surface area contributed by atoms with Crippen molar-refractivity contribution >= 4 is 5.97 Å². The van der Waals surface area contributed by atoms with Gasteiger partial charge in [-0.25, -0.2) is 4.79 Å². The first kappa shape index (κ1) is 13.9. The summed E-state index contributed by atoms with van der Waals surface area (Å²) in [5, 5.41) is 0. The molecule has 0 saturated heterocycles. The van der Waals surface area contributed by atoms with E-state index < -0.39 is 11.6 Å². The summed E-state index contributed by atoms with van der Waals surface area (Å²) in [6, 6.07) is 0. The number of hydrogen-bond acceptors (Lipinski definition) is 4. The molecule has 0 saturated carbocycles. The van der Waals surface area contributed by atoms with Crippen LogP contribution in [0.5, 0.6) is 0 Å². The van der Waals surface area contributed by atoms with Crippen molar-refractivity contribution in [2.75, 3.05) is 13.7 Å². The van der Waals surface area contributed by atoms with Gasteiger partial charge in [0.2, 0.25) is 0 Å². The molecule has 0 aromatic heterocycles. The van der Waals surface area contributed by atoms with Gasteiger partial charge in [0, 0.05) is 12.5 Å². The Morgan fingerprint density at radius 2 is 2.07 bits per heavy atom. The van der Waals surface area contributed by atoms with E-state index in [9.17, 15) is 4.79 Å². The van der Waals surface area contributed by atoms with Gasteiger partial charge in [-0.1, -0.05) is 5.92 Å². The SMILES string of the molecule is CCOC(C)OC(C)(C)C#CC(=O)OC. The Morgan fingerprint density at radius 1 is 1.47 bits per heavy atom. The molecule has 86 valence electrons. The van der Waals surface area contributed by atoms with E-state index in [0.29, 0.717) is 6.61 Å². The zero-order chi connectivity index (χ0) is 11.9. The highest BCUT2D eigenvalue weighted by Crippen LogP contribution is 2.11. The average molecular weight is 214 g/mol. The maximum atomic E-state index is 10.8. The largest absolute Gasteiger partial charge is 0.459 e. The van der Waals surface area contributed by atoms with Gasteiger partial charge in [0.25, 0.3) is 0 Å². The van der Waals surface area contributed by atoms with Crippen molar-refractivity contribution < 1.29 is 19.0 Å². The van der Waals surface area contributed by atoms with Crippen molar-refractivity contribution in [3.63, 3.8) is 0 Å². The van der Waals surface area contributed by atoms with Crippen molar-refractivity contribution in [2.45, 2.75) is 39.6 Å². The van der Waals surface area contributed by atoms with E-state index in [1.807, 2.05) is 6.92 Å². The van der Waals surface area contributed by atoms with Crippen molar-refractivity contribution in [3.8, 4) is 11.8 Å². The minimum atomic E-state index is -0.733. The summed E-state index contributed by atoms with van der Waals surface area (Å²) < 4.78 is 15.1. The maximum Gasteiger partial charge on any atom is 0.384 e. The van der Waals surface area contributed by atoms with Gasteiger partial charge < -0.3 is 14.2 Å². The zero-order valence-electron chi connectivity index (χ0n) is 9.92. The first-order valence-corrected chi connectivity index (χ1v) is 4.82. The van der Waals surface area contributed by atoms with Gasteiger partial charge in [0.05, 0.1) is 7.11 Å². The summed E-state index contributed by atoms with van der Waals surface area (Å²) in [7, 11) is 1.29. The number of esters is 1. The highest BCUT2D eigenvalue weighted by Gasteiger charge is 2.19. The molecule has 1 atom stereocenters. The van der Waals surface area contributed by atoms with Crippen LogP contribution in [0.4, 0.5) is 0 Å². The zero-order valence-corrected chi connectivity index (χ0v) is 9.92. The number of rotatable bonds is 4. The minimum Gasteiger partial charge on any atom is -0.459 e. The molecule has 4 nitrogen and oxygen atoms in total. The summed E-state index contributed by atoms with van der Waals surface area (Å²) in [5.74, 6) is 4.43. The molecule has 0 aromatic carbocycles. The lowest BCUT2D eigenvalue weighted by molar-refractivity contribution is -0.170. The molecule has 4 heteroatoms. The van der Waals surface area contributed by atoms with Crippen LogP contribution in [0.3, 0.4) is 0 Å². The molecule has 1 unspecified atom stereocenters. The molecule has 15 heavy (non-hydrogen) atoms. The summed E-state index contributed by atoms with van der Waals surface area (Å²) in [6.45, 7) is 7.76. The lowest BCUT2D eigenvalue weighted by atomic mass is 10.1. The molecule has 0 spiro atoms. The molecule has 0 bridgehead atoms. The Bertz CT molecular complexity index is 259. The number of carbonyl (C=O) groups excluding carboxylic acids is 1. The highest BCUT2D eigenvalue weighted by atomic mass is 16.7. The van der Waals surface area contributed by atoms with E-state index in [1.165, 1.54) is 7.11 Å². The van der Waals surface area contributed by atoms with Gasteiger partial charge in [0.1, 0.15) is 5.60 Å². The highest BCUT2D eigenvalue weighted by molar-refractivity contribution is 5.88. The molecule has 0 aliphatic carbocycles. The average Bonchev–Trinajstić information content (AvgIpc) is 2.13. The first-order chi connectivity index (χ1) is 6.91. The van der Waals surface area contributed by atoms with Crippen molar-refractivity contribution in [1.82, 2.24) is 0 Å². The van der Waals surface area contributed by atoms with Crippen LogP contribution in [0.1, 0.15) is 27.7 Å². The molecule has 0 aliphatic rings. The topological polar surface area (TPSA) is 44.8 Å². The number of hydrogen-bond donors (Lipinski definition) is 0. The number of methoxy groups -OCH3 is 1. The summed E-state index contributed by atoms with van der Waals surface area (Å²) in [6.07, 6.45) is -0.350. The fraction of sp³-hybridized carbons (Fsp3) is 0.727. The third kappa shape index (κ3) is 6.95. The molecular formula is C11H18O4. The summed E-state index contributed by atoms with van der Waals surface area (Å²) in [5.41, 5.74) is -0.733. The van der Waals surface area contributed by atoms with E-state index in [0.717, 1.165) is 0 Å². The second-order valence-corrected chi connectivity index (χ2v) is 3.39. The van der Waals surface area contributed by atoms with Crippen LogP contribution in [-0.4, -0.2) is 31.6 Å². The standard InChI is InChI=1S/C11H18O4/c1-6-14-9(2)15-11(3,4)8-7-10(12)13-5/h9H,6H2,1-5H3. The smallest absolute Gasteiger partial charge is 0.384 e. The second-order valence-electron chi connectivity index (χ2n) is 3.39. The van der Waals surface area contributed by atoms with Gasteiger partial charge >= 0.3 is 5.97 Å². The van der Waals surface area contributed by atoms with Crippen LogP contribution in [0.15, 0.2) is 0 Å². The molecule has 0 fully saturated rings. The Hall–Kier alpha value is -1.05. The Kier molecular flexibility index (Phi) is 5.99. The molecule has 0 amide bonds. The molecule has 0 N–H and O–H groups in total. The molecule has 0 rings (SSSR count). The van der Waals surface area contributed by atoms with Gasteiger partial charge in [-0.05, 0) is 27.7 Å². The van der Waals surface area contributed by atoms with Crippen LogP contribution >= 0.6 is 0 Å². The first-order valence-electron chi connectivity index (χ1n) is 4.82. The van der Waals surface area contributed by atoms with E-state index in [4.69, 9.17) is 9.47 Å². The van der Waals surface area contributed by atoms with Crippen molar-refractivity contribution in [1.29, 1.82) is 0 Å². The van der Waals surface area contributed by atoms with Crippen LogP contribution in [0, 0.1) is 11.8 Å². The molecule has 0 aromatic rings. The van der Waals surface area contributed by atoms with Gasteiger partial charge in [0.15, 0.2) is 6.29 Å². The molecule has 0 aliphatic heterocycles. The predicted octanol–water partition coefficient (Wildman–Crippen LogP) is 1.34. The molecular weight excluding hydrogens is 196 g/mol. The van der Waals surface area contributed by atoms with Crippen molar-refractivity contribution in [2.24, 2.45) is 0 Å². The molecule has 0 heterocycles. The van der Waals surface area contributed by atoms with Gasteiger partial charge in [-0.2, -0.15) is 0 Å². The Morgan fingerprint density at radius 3 is 2.53 bits per heavy atom. The lowest BCUT2D eigenvalue weighted by Crippen LogP contribution is -2.29. The van der Waals surface area contributed by atoms with Crippen molar-refractivity contribution in [3.05, 3.63) is 0 Å². The van der Waals surface area contributed by atoms with Crippen LogP contribution in [0.2, 0.25) is 0 Å². The Labute approximate surface area is 90.9 Å². The van der Waals surface area contributed by atoms with E-state index >= 15 is 0 Å². The van der Waals surface area contributed by atoms with E-state index in [2.05, 4.69) is 16.6 Å². The molecule has 0 radical (unpaired) electrons. The Balaban J connectivity index is 4.27. The number of carbonyl (C=O) groups is 1. The summed E-state index contributed by atoms with van der Waals surface area (Å²) >= 11 is 0. The normalized spacial score (nSPS) is 12.6. The van der Waals surface area contributed by atoms with E-state index in [-0.39, 0.29) is 6.29 Å². The fourth-order valence-electron chi connectivity index (χ4n) is 0.966.